The lowest BCUT2D eigenvalue weighted by molar-refractivity contribution is 0.803. The van der Waals surface area contributed by atoms with Gasteiger partial charge in [-0.05, 0) is 29.7 Å². The first-order valence-electron chi connectivity index (χ1n) is 6.99. The first kappa shape index (κ1) is 14.1. The largest absolute Gasteiger partial charge is 0.373 e. The van der Waals surface area contributed by atoms with Crippen LogP contribution in [0.5, 0.6) is 0 Å². The van der Waals surface area contributed by atoms with Crippen LogP contribution in [0.4, 0.5) is 5.69 Å². The summed E-state index contributed by atoms with van der Waals surface area (Å²) >= 11 is 0. The average Bonchev–Trinajstić information content (AvgIpc) is 2.53. The molecule has 0 heterocycles. The molecule has 0 saturated carbocycles. The second-order valence-corrected chi connectivity index (χ2v) is 4.99. The van der Waals surface area contributed by atoms with E-state index in [1.165, 1.54) is 5.56 Å². The van der Waals surface area contributed by atoms with Crippen LogP contribution < -0.4 is 4.90 Å². The molecule has 20 heavy (non-hydrogen) atoms. The molecule has 1 atom stereocenters. The topological polar surface area (TPSA) is 27.0 Å². The highest BCUT2D eigenvalue weighted by Gasteiger charge is 2.13. The molecule has 2 heteroatoms. The Hall–Kier alpha value is -2.27. The number of benzene rings is 2. The number of rotatable bonds is 5. The number of likely N-dealkylation sites (N-methyl/N-ethyl adjacent to an activating group) is 1. The number of anilines is 1. The van der Waals surface area contributed by atoms with Crippen LogP contribution in [0.25, 0.3) is 0 Å². The molecule has 2 aromatic carbocycles. The summed E-state index contributed by atoms with van der Waals surface area (Å²) in [5.41, 5.74) is 3.56. The molecule has 0 amide bonds. The third-order valence-corrected chi connectivity index (χ3v) is 3.60. The van der Waals surface area contributed by atoms with Crippen molar-refractivity contribution in [3.8, 4) is 6.07 Å². The van der Waals surface area contributed by atoms with Gasteiger partial charge in [-0.25, -0.2) is 0 Å². The van der Waals surface area contributed by atoms with Crippen molar-refractivity contribution in [3.63, 3.8) is 0 Å². The Morgan fingerprint density at radius 2 is 1.70 bits per heavy atom. The maximum atomic E-state index is 9.38. The van der Waals surface area contributed by atoms with Gasteiger partial charge in [0.25, 0.3) is 0 Å². The number of aryl methyl sites for hydroxylation is 1. The second-order valence-electron chi connectivity index (χ2n) is 4.99. The standard InChI is InChI=1S/C18H20N2/c1-3-15-9-11-18(12-10-15)20(2)14-17(13-19)16-7-5-4-6-8-16/h4-12,17H,3,14H2,1-2H3. The van der Waals surface area contributed by atoms with Crippen LogP contribution in [0.15, 0.2) is 54.6 Å². The van der Waals surface area contributed by atoms with Gasteiger partial charge in [0.2, 0.25) is 0 Å². The van der Waals surface area contributed by atoms with E-state index in [-0.39, 0.29) is 5.92 Å². The Morgan fingerprint density at radius 1 is 1.05 bits per heavy atom. The lowest BCUT2D eigenvalue weighted by atomic mass is 10.00. The van der Waals surface area contributed by atoms with Gasteiger partial charge in [0.05, 0.1) is 12.0 Å². The van der Waals surface area contributed by atoms with E-state index in [9.17, 15) is 5.26 Å². The minimum absolute atomic E-state index is 0.105. The molecule has 0 fully saturated rings. The Balaban J connectivity index is 2.09. The van der Waals surface area contributed by atoms with Gasteiger partial charge in [0, 0.05) is 19.3 Å². The molecule has 2 aromatic rings. The summed E-state index contributed by atoms with van der Waals surface area (Å²) in [7, 11) is 2.04. The lowest BCUT2D eigenvalue weighted by Gasteiger charge is -2.22. The Labute approximate surface area is 121 Å². The summed E-state index contributed by atoms with van der Waals surface area (Å²) in [5.74, 6) is -0.105. The fourth-order valence-corrected chi connectivity index (χ4v) is 2.27. The second kappa shape index (κ2) is 6.77. The van der Waals surface area contributed by atoms with E-state index in [1.54, 1.807) is 0 Å². The van der Waals surface area contributed by atoms with Crippen molar-refractivity contribution in [2.24, 2.45) is 0 Å². The molecule has 0 radical (unpaired) electrons. The third-order valence-electron chi connectivity index (χ3n) is 3.60. The smallest absolute Gasteiger partial charge is 0.0887 e. The number of nitrogens with zero attached hydrogens (tertiary/aromatic N) is 2. The lowest BCUT2D eigenvalue weighted by Crippen LogP contribution is -2.23. The predicted molar refractivity (Wildman–Crippen MR) is 83.9 cm³/mol. The average molecular weight is 264 g/mol. The molecule has 0 aliphatic rings. The molecule has 102 valence electrons. The first-order valence-corrected chi connectivity index (χ1v) is 6.99. The summed E-state index contributed by atoms with van der Waals surface area (Å²) in [6.45, 7) is 2.85. The normalized spacial score (nSPS) is 11.7. The van der Waals surface area contributed by atoms with Gasteiger partial charge in [-0.3, -0.25) is 0 Å². The van der Waals surface area contributed by atoms with Gasteiger partial charge in [-0.1, -0.05) is 49.4 Å². The van der Waals surface area contributed by atoms with Gasteiger partial charge in [-0.2, -0.15) is 5.26 Å². The molecule has 0 aliphatic heterocycles. The number of hydrogen-bond acceptors (Lipinski definition) is 2. The van der Waals surface area contributed by atoms with Gasteiger partial charge in [-0.15, -0.1) is 0 Å². The van der Waals surface area contributed by atoms with E-state index >= 15 is 0 Å². The highest BCUT2D eigenvalue weighted by Crippen LogP contribution is 2.20. The molecular formula is C18H20N2. The van der Waals surface area contributed by atoms with Gasteiger partial charge in [0.15, 0.2) is 0 Å². The van der Waals surface area contributed by atoms with E-state index < -0.39 is 0 Å². The Kier molecular flexibility index (Phi) is 4.79. The van der Waals surface area contributed by atoms with Crippen molar-refractivity contribution in [2.45, 2.75) is 19.3 Å². The minimum Gasteiger partial charge on any atom is -0.373 e. The monoisotopic (exact) mass is 264 g/mol. The van der Waals surface area contributed by atoms with Crippen molar-refractivity contribution >= 4 is 5.69 Å². The van der Waals surface area contributed by atoms with Crippen LogP contribution in [0.1, 0.15) is 24.0 Å². The SMILES string of the molecule is CCc1ccc(N(C)CC(C#N)c2ccccc2)cc1. The van der Waals surface area contributed by atoms with Crippen LogP contribution >= 0.6 is 0 Å². The van der Waals surface area contributed by atoms with Crippen molar-refractivity contribution in [2.75, 3.05) is 18.5 Å². The quantitative estimate of drug-likeness (QED) is 0.816. The predicted octanol–water partition coefficient (Wildman–Crippen LogP) is 3.99. The van der Waals surface area contributed by atoms with Crippen LogP contribution in [-0.2, 0) is 6.42 Å². The summed E-state index contributed by atoms with van der Waals surface area (Å²) in [4.78, 5) is 2.14. The number of nitriles is 1. The Bertz CT molecular complexity index is 567. The van der Waals surface area contributed by atoms with Crippen LogP contribution in [0.2, 0.25) is 0 Å². The van der Waals surface area contributed by atoms with Gasteiger partial charge < -0.3 is 4.90 Å². The fourth-order valence-electron chi connectivity index (χ4n) is 2.27. The molecule has 0 bridgehead atoms. The highest BCUT2D eigenvalue weighted by atomic mass is 15.1. The maximum Gasteiger partial charge on any atom is 0.0887 e. The van der Waals surface area contributed by atoms with E-state index in [0.29, 0.717) is 6.54 Å². The van der Waals surface area contributed by atoms with Crippen molar-refractivity contribution in [3.05, 3.63) is 65.7 Å². The maximum absolute atomic E-state index is 9.38. The summed E-state index contributed by atoms with van der Waals surface area (Å²) < 4.78 is 0. The minimum atomic E-state index is -0.105. The first-order chi connectivity index (χ1) is 9.74. The van der Waals surface area contributed by atoms with Crippen LogP contribution in [-0.4, -0.2) is 13.6 Å². The zero-order valence-electron chi connectivity index (χ0n) is 12.1. The van der Waals surface area contributed by atoms with Gasteiger partial charge >= 0.3 is 0 Å². The van der Waals surface area contributed by atoms with Crippen LogP contribution in [0.3, 0.4) is 0 Å². The Morgan fingerprint density at radius 3 is 2.25 bits per heavy atom. The van der Waals surface area contributed by atoms with Crippen molar-refractivity contribution < 1.29 is 0 Å². The molecular weight excluding hydrogens is 244 g/mol. The van der Waals surface area contributed by atoms with E-state index in [1.807, 2.05) is 37.4 Å². The zero-order chi connectivity index (χ0) is 14.4. The molecule has 0 saturated heterocycles. The summed E-state index contributed by atoms with van der Waals surface area (Å²) in [6, 6.07) is 20.9. The van der Waals surface area contributed by atoms with Gasteiger partial charge in [0.1, 0.15) is 0 Å². The van der Waals surface area contributed by atoms with E-state index in [2.05, 4.69) is 42.2 Å². The van der Waals surface area contributed by atoms with E-state index in [0.717, 1.165) is 17.7 Å². The molecule has 0 aliphatic carbocycles. The van der Waals surface area contributed by atoms with E-state index in [4.69, 9.17) is 0 Å². The molecule has 0 spiro atoms. The molecule has 2 rings (SSSR count). The highest BCUT2D eigenvalue weighted by molar-refractivity contribution is 5.48. The summed E-state index contributed by atoms with van der Waals surface area (Å²) in [5, 5.41) is 9.38. The fraction of sp³-hybridized carbons (Fsp3) is 0.278. The zero-order valence-corrected chi connectivity index (χ0v) is 12.1. The third kappa shape index (κ3) is 3.39. The summed E-state index contributed by atoms with van der Waals surface area (Å²) in [6.07, 6.45) is 1.05. The number of hydrogen-bond donors (Lipinski definition) is 0. The molecule has 1 unspecified atom stereocenters. The van der Waals surface area contributed by atoms with Crippen molar-refractivity contribution in [1.29, 1.82) is 5.26 Å². The van der Waals surface area contributed by atoms with Crippen molar-refractivity contribution in [1.82, 2.24) is 0 Å². The van der Waals surface area contributed by atoms with Crippen LogP contribution in [0, 0.1) is 11.3 Å². The molecule has 0 N–H and O–H groups in total. The molecule has 0 aromatic heterocycles. The molecule has 2 nitrogen and oxygen atoms in total.